The van der Waals surface area contributed by atoms with E-state index in [-0.39, 0.29) is 5.88 Å². The number of hydrogen-bond donors (Lipinski definition) is 0. The van der Waals surface area contributed by atoms with Gasteiger partial charge in [-0.05, 0) is 0 Å². The number of halogens is 3. The van der Waals surface area contributed by atoms with Crippen LogP contribution in [0.4, 0.5) is 13.2 Å². The standard InChI is InChI=1S/C6H4F3N2O/c1-12-4-2-3-10-5(11-4)6(7,8)9/h2H,1H3. The normalized spacial score (nSPS) is 11.3. The summed E-state index contributed by atoms with van der Waals surface area (Å²) in [6, 6.07) is 1.12. The summed E-state index contributed by atoms with van der Waals surface area (Å²) < 4.78 is 40.2. The lowest BCUT2D eigenvalue weighted by Crippen LogP contribution is -2.11. The van der Waals surface area contributed by atoms with Crippen LogP contribution in [0.15, 0.2) is 6.07 Å². The summed E-state index contributed by atoms with van der Waals surface area (Å²) in [5.41, 5.74) is 0. The van der Waals surface area contributed by atoms with Gasteiger partial charge in [0.2, 0.25) is 11.7 Å². The molecule has 0 aliphatic heterocycles. The molecule has 1 heterocycles. The number of hydrogen-bond acceptors (Lipinski definition) is 3. The van der Waals surface area contributed by atoms with Gasteiger partial charge in [0.15, 0.2) is 0 Å². The summed E-state index contributed by atoms with van der Waals surface area (Å²) in [5.74, 6) is -1.40. The van der Waals surface area contributed by atoms with Gasteiger partial charge in [0, 0.05) is 6.07 Å². The predicted octanol–water partition coefficient (Wildman–Crippen LogP) is 1.30. The van der Waals surface area contributed by atoms with E-state index in [1.54, 1.807) is 0 Å². The zero-order valence-electron chi connectivity index (χ0n) is 6.01. The molecular formula is C6H4F3N2O. The quantitative estimate of drug-likeness (QED) is 0.648. The minimum Gasteiger partial charge on any atom is -0.481 e. The Morgan fingerprint density at radius 3 is 2.67 bits per heavy atom. The maximum absolute atomic E-state index is 11.9. The molecule has 0 atom stereocenters. The first-order chi connectivity index (χ1) is 5.54. The van der Waals surface area contributed by atoms with Gasteiger partial charge in [0.1, 0.15) is 0 Å². The van der Waals surface area contributed by atoms with Crippen LogP contribution in [-0.2, 0) is 6.18 Å². The Morgan fingerprint density at radius 2 is 2.17 bits per heavy atom. The molecule has 0 aliphatic rings. The first-order valence-corrected chi connectivity index (χ1v) is 2.90. The van der Waals surface area contributed by atoms with Crippen molar-refractivity contribution in [1.29, 1.82) is 0 Å². The van der Waals surface area contributed by atoms with Crippen molar-refractivity contribution in [3.63, 3.8) is 0 Å². The highest BCUT2D eigenvalue weighted by Crippen LogP contribution is 2.26. The molecule has 0 saturated carbocycles. The molecule has 0 amide bonds. The summed E-state index contributed by atoms with van der Waals surface area (Å²) in [7, 11) is 1.22. The van der Waals surface area contributed by atoms with E-state index in [1.165, 1.54) is 7.11 Å². The van der Waals surface area contributed by atoms with Crippen molar-refractivity contribution >= 4 is 0 Å². The van der Waals surface area contributed by atoms with Gasteiger partial charge in [-0.2, -0.15) is 18.2 Å². The predicted molar refractivity (Wildman–Crippen MR) is 32.4 cm³/mol. The summed E-state index contributed by atoms with van der Waals surface area (Å²) in [4.78, 5) is 5.99. The van der Waals surface area contributed by atoms with E-state index in [4.69, 9.17) is 0 Å². The van der Waals surface area contributed by atoms with Gasteiger partial charge in [-0.25, -0.2) is 4.98 Å². The highest BCUT2D eigenvalue weighted by molar-refractivity contribution is 5.08. The van der Waals surface area contributed by atoms with E-state index in [0.29, 0.717) is 0 Å². The zero-order chi connectivity index (χ0) is 9.19. The van der Waals surface area contributed by atoms with Crippen LogP contribution in [-0.4, -0.2) is 17.1 Å². The number of nitrogens with zero attached hydrogens (tertiary/aromatic N) is 2. The Morgan fingerprint density at radius 1 is 1.50 bits per heavy atom. The van der Waals surface area contributed by atoms with Crippen molar-refractivity contribution in [2.45, 2.75) is 6.18 Å². The molecule has 0 aromatic carbocycles. The van der Waals surface area contributed by atoms with Gasteiger partial charge in [0.25, 0.3) is 0 Å². The Hall–Kier alpha value is -1.33. The highest BCUT2D eigenvalue weighted by Gasteiger charge is 2.34. The molecular weight excluding hydrogens is 173 g/mol. The van der Waals surface area contributed by atoms with E-state index in [9.17, 15) is 13.2 Å². The average Bonchev–Trinajstić information content (AvgIpc) is 2.03. The van der Waals surface area contributed by atoms with E-state index in [2.05, 4.69) is 14.7 Å². The summed E-state index contributed by atoms with van der Waals surface area (Å²) in [6.45, 7) is 0. The Kier molecular flexibility index (Phi) is 2.16. The molecule has 1 aromatic rings. The summed E-state index contributed by atoms with van der Waals surface area (Å²) in [5, 5.41) is 0. The Balaban J connectivity index is 3.02. The Bertz CT molecular complexity index is 274. The lowest BCUT2D eigenvalue weighted by molar-refractivity contribution is -0.145. The lowest BCUT2D eigenvalue weighted by Gasteiger charge is -2.04. The van der Waals surface area contributed by atoms with Gasteiger partial charge >= 0.3 is 6.18 Å². The number of ether oxygens (including phenoxy) is 1. The second-order valence-electron chi connectivity index (χ2n) is 1.86. The topological polar surface area (TPSA) is 35.0 Å². The fraction of sp³-hybridized carbons (Fsp3) is 0.333. The van der Waals surface area contributed by atoms with Gasteiger partial charge in [-0.3, -0.25) is 0 Å². The molecule has 65 valence electrons. The molecule has 12 heavy (non-hydrogen) atoms. The monoisotopic (exact) mass is 177 g/mol. The number of rotatable bonds is 1. The maximum atomic E-state index is 11.9. The van der Waals surface area contributed by atoms with Crippen LogP contribution in [0.2, 0.25) is 0 Å². The van der Waals surface area contributed by atoms with Crippen molar-refractivity contribution in [2.24, 2.45) is 0 Å². The van der Waals surface area contributed by atoms with Crippen LogP contribution < -0.4 is 4.74 Å². The SMILES string of the molecule is COc1c[c]nc(C(F)(F)F)n1. The van der Waals surface area contributed by atoms with Crippen LogP contribution in [0.1, 0.15) is 5.82 Å². The second kappa shape index (κ2) is 2.96. The molecule has 1 aromatic heterocycles. The van der Waals surface area contributed by atoms with Gasteiger partial charge < -0.3 is 4.74 Å². The first kappa shape index (κ1) is 8.76. The molecule has 1 radical (unpaired) electrons. The van der Waals surface area contributed by atoms with Gasteiger partial charge in [-0.1, -0.05) is 0 Å². The molecule has 0 unspecified atom stereocenters. The van der Waals surface area contributed by atoms with Crippen molar-refractivity contribution in [3.8, 4) is 5.88 Å². The molecule has 1 rings (SSSR count). The van der Waals surface area contributed by atoms with E-state index in [1.807, 2.05) is 6.20 Å². The van der Waals surface area contributed by atoms with E-state index >= 15 is 0 Å². The molecule has 6 heteroatoms. The zero-order valence-corrected chi connectivity index (χ0v) is 6.01. The Labute approximate surface area is 66.2 Å². The largest absolute Gasteiger partial charge is 0.481 e. The molecule has 0 N–H and O–H groups in total. The number of methoxy groups -OCH3 is 1. The molecule has 3 nitrogen and oxygen atoms in total. The molecule has 0 fully saturated rings. The first-order valence-electron chi connectivity index (χ1n) is 2.90. The van der Waals surface area contributed by atoms with Crippen LogP contribution in [0.25, 0.3) is 0 Å². The third kappa shape index (κ3) is 1.84. The number of alkyl halides is 3. The fourth-order valence-corrected chi connectivity index (χ4v) is 0.542. The minimum absolute atomic E-state index is 0.155. The van der Waals surface area contributed by atoms with Crippen molar-refractivity contribution < 1.29 is 17.9 Å². The van der Waals surface area contributed by atoms with Crippen LogP contribution in [0.5, 0.6) is 5.88 Å². The van der Waals surface area contributed by atoms with Gasteiger partial charge in [-0.15, -0.1) is 0 Å². The summed E-state index contributed by atoms with van der Waals surface area (Å²) in [6.07, 6.45) is -2.52. The van der Waals surface area contributed by atoms with Crippen molar-refractivity contribution in [2.75, 3.05) is 7.11 Å². The smallest absolute Gasteiger partial charge is 0.451 e. The minimum atomic E-state index is -4.55. The third-order valence-corrected chi connectivity index (χ3v) is 1.04. The summed E-state index contributed by atoms with van der Waals surface area (Å²) >= 11 is 0. The van der Waals surface area contributed by atoms with Crippen LogP contribution in [0, 0.1) is 6.20 Å². The lowest BCUT2D eigenvalue weighted by atomic mass is 10.5. The van der Waals surface area contributed by atoms with Crippen molar-refractivity contribution in [1.82, 2.24) is 9.97 Å². The molecule has 0 spiro atoms. The second-order valence-corrected chi connectivity index (χ2v) is 1.86. The molecule has 0 bridgehead atoms. The maximum Gasteiger partial charge on any atom is 0.451 e. The van der Waals surface area contributed by atoms with Crippen LogP contribution in [0.3, 0.4) is 0 Å². The van der Waals surface area contributed by atoms with Crippen LogP contribution >= 0.6 is 0 Å². The average molecular weight is 177 g/mol. The fourth-order valence-electron chi connectivity index (χ4n) is 0.542. The van der Waals surface area contributed by atoms with E-state index < -0.39 is 12.0 Å². The third-order valence-electron chi connectivity index (χ3n) is 1.04. The molecule has 0 aliphatic carbocycles. The highest BCUT2D eigenvalue weighted by atomic mass is 19.4. The van der Waals surface area contributed by atoms with Gasteiger partial charge in [0.05, 0.1) is 13.3 Å². The van der Waals surface area contributed by atoms with Crippen molar-refractivity contribution in [3.05, 3.63) is 18.1 Å². The van der Waals surface area contributed by atoms with E-state index in [0.717, 1.165) is 6.07 Å². The number of aromatic nitrogens is 2. The molecule has 0 saturated heterocycles.